The summed E-state index contributed by atoms with van der Waals surface area (Å²) in [7, 11) is 0. The molecule has 1 N–H and O–H groups in total. The number of nitro groups is 1. The molecule has 9 nitrogen and oxygen atoms in total. The van der Waals surface area contributed by atoms with Crippen LogP contribution in [0.2, 0.25) is 0 Å². The molecule has 0 amide bonds. The van der Waals surface area contributed by atoms with Crippen molar-refractivity contribution >= 4 is 22.8 Å². The Hall–Kier alpha value is -4.74. The van der Waals surface area contributed by atoms with Crippen molar-refractivity contribution < 1.29 is 27.9 Å². The number of halogens is 3. The van der Waals surface area contributed by atoms with Crippen molar-refractivity contribution in [2.75, 3.05) is 6.61 Å². The van der Waals surface area contributed by atoms with Crippen LogP contribution in [0, 0.1) is 10.1 Å². The molecule has 0 aliphatic rings. The van der Waals surface area contributed by atoms with Crippen LogP contribution in [-0.4, -0.2) is 32.5 Å². The Balaban J connectivity index is 1.93. The fourth-order valence-electron chi connectivity index (χ4n) is 3.47. The van der Waals surface area contributed by atoms with Crippen LogP contribution in [0.25, 0.3) is 22.3 Å². The number of rotatable bonds is 6. The van der Waals surface area contributed by atoms with Gasteiger partial charge in [0.25, 0.3) is 5.56 Å². The van der Waals surface area contributed by atoms with Crippen LogP contribution in [0.5, 0.6) is 11.5 Å². The molecule has 4 aromatic rings. The Labute approximate surface area is 200 Å². The number of fused-ring (bicyclic) bond motifs is 1. The minimum atomic E-state index is -4.62. The Morgan fingerprint density at radius 1 is 1.17 bits per heavy atom. The maximum Gasteiger partial charge on any atom is 0.416 e. The van der Waals surface area contributed by atoms with Gasteiger partial charge in [0.05, 0.1) is 34.2 Å². The molecule has 3 aromatic carbocycles. The summed E-state index contributed by atoms with van der Waals surface area (Å²) in [6.07, 6.45) is -3.54. The number of hydrogen-bond donors (Lipinski definition) is 1. The largest absolute Gasteiger partial charge is 0.500 e. The first-order chi connectivity index (χ1) is 17.1. The van der Waals surface area contributed by atoms with Gasteiger partial charge in [-0.1, -0.05) is 24.3 Å². The van der Waals surface area contributed by atoms with Crippen molar-refractivity contribution in [1.29, 1.82) is 0 Å². The molecule has 0 saturated carbocycles. The summed E-state index contributed by atoms with van der Waals surface area (Å²) in [5.74, 6) is -1.01. The van der Waals surface area contributed by atoms with Gasteiger partial charge in [-0.05, 0) is 37.3 Å². The molecule has 0 fully saturated rings. The molecule has 36 heavy (non-hydrogen) atoms. The highest BCUT2D eigenvalue weighted by molar-refractivity contribution is 5.84. The summed E-state index contributed by atoms with van der Waals surface area (Å²) in [6.45, 7) is 1.73. The third-order valence-corrected chi connectivity index (χ3v) is 5.10. The highest BCUT2D eigenvalue weighted by Gasteiger charge is 2.31. The number of alkyl halides is 3. The van der Waals surface area contributed by atoms with Gasteiger partial charge in [0.2, 0.25) is 5.75 Å². The molecule has 0 bridgehead atoms. The molecule has 0 unspecified atom stereocenters. The fourth-order valence-corrected chi connectivity index (χ4v) is 3.47. The Morgan fingerprint density at radius 2 is 1.92 bits per heavy atom. The van der Waals surface area contributed by atoms with Gasteiger partial charge >= 0.3 is 11.9 Å². The van der Waals surface area contributed by atoms with Gasteiger partial charge in [-0.25, -0.2) is 4.98 Å². The maximum atomic E-state index is 13.3. The zero-order valence-corrected chi connectivity index (χ0v) is 18.6. The minimum absolute atomic E-state index is 0.0171. The molecule has 184 valence electrons. The average molecular weight is 498 g/mol. The smallest absolute Gasteiger partial charge is 0.416 e. The molecule has 0 aliphatic carbocycles. The molecule has 1 heterocycles. The number of aromatic nitrogens is 2. The van der Waals surface area contributed by atoms with Gasteiger partial charge in [-0.3, -0.25) is 14.9 Å². The number of phenolic OH excluding ortho intramolecular Hbond substituents is 1. The Morgan fingerprint density at radius 3 is 2.61 bits per heavy atom. The molecule has 1 aromatic heterocycles. The monoisotopic (exact) mass is 498 g/mol. The van der Waals surface area contributed by atoms with E-state index in [1.165, 1.54) is 24.3 Å². The Bertz CT molecular complexity index is 1560. The van der Waals surface area contributed by atoms with Crippen LogP contribution in [0.15, 0.2) is 70.6 Å². The SMILES string of the molecule is CCOc1cc(C=Nn2c(-c3cccc(C(F)(F)F)c3)nc3ccccc3c2=O)cc([N+](=O)[O-])c1O. The lowest BCUT2D eigenvalue weighted by Crippen LogP contribution is -2.20. The van der Waals surface area contributed by atoms with E-state index >= 15 is 0 Å². The van der Waals surface area contributed by atoms with E-state index in [9.17, 15) is 33.2 Å². The van der Waals surface area contributed by atoms with E-state index < -0.39 is 33.7 Å². The van der Waals surface area contributed by atoms with Crippen LogP contribution in [-0.2, 0) is 6.18 Å². The molecule has 0 aliphatic heterocycles. The number of aromatic hydroxyl groups is 1. The number of nitro benzene ring substituents is 1. The summed E-state index contributed by atoms with van der Waals surface area (Å²) in [5.41, 5.74) is -1.92. The molecule has 0 radical (unpaired) electrons. The van der Waals surface area contributed by atoms with Crippen molar-refractivity contribution in [2.45, 2.75) is 13.1 Å². The third kappa shape index (κ3) is 4.73. The third-order valence-electron chi connectivity index (χ3n) is 5.10. The molecule has 0 atom stereocenters. The summed E-state index contributed by atoms with van der Waals surface area (Å²) >= 11 is 0. The van der Waals surface area contributed by atoms with Crippen molar-refractivity contribution in [2.24, 2.45) is 5.10 Å². The summed E-state index contributed by atoms with van der Waals surface area (Å²) in [6, 6.07) is 12.8. The number of ether oxygens (including phenoxy) is 1. The number of hydrogen-bond acceptors (Lipinski definition) is 7. The molecular weight excluding hydrogens is 481 g/mol. The lowest BCUT2D eigenvalue weighted by Gasteiger charge is -2.12. The topological polar surface area (TPSA) is 120 Å². The van der Waals surface area contributed by atoms with Crippen molar-refractivity contribution in [3.8, 4) is 22.9 Å². The standard InChI is InChI=1S/C24H17F3N4O5/c1-2-36-20-11-14(10-19(21(20)32)31(34)35)13-28-30-22(15-6-5-7-16(12-15)24(25,26)27)29-18-9-4-3-8-17(18)23(30)33/h3-13,32H,2H2,1H3. The van der Waals surface area contributed by atoms with Crippen molar-refractivity contribution in [1.82, 2.24) is 9.66 Å². The van der Waals surface area contributed by atoms with Gasteiger partial charge in [0.15, 0.2) is 11.6 Å². The molecule has 0 spiro atoms. The number of benzene rings is 3. The van der Waals surface area contributed by atoms with Crippen molar-refractivity contribution in [3.05, 3.63) is 92.3 Å². The predicted octanol–water partition coefficient (Wildman–Crippen LogP) is 4.98. The predicted molar refractivity (Wildman–Crippen MR) is 125 cm³/mol. The molecular formula is C24H17F3N4O5. The Kier molecular flexibility index (Phi) is 6.43. The van der Waals surface area contributed by atoms with Gasteiger partial charge < -0.3 is 9.84 Å². The van der Waals surface area contributed by atoms with Gasteiger partial charge in [0.1, 0.15) is 0 Å². The van der Waals surface area contributed by atoms with E-state index in [-0.39, 0.29) is 40.2 Å². The first-order valence-corrected chi connectivity index (χ1v) is 10.5. The highest BCUT2D eigenvalue weighted by Crippen LogP contribution is 2.37. The van der Waals surface area contributed by atoms with Gasteiger partial charge in [-0.15, -0.1) is 0 Å². The maximum absolute atomic E-state index is 13.3. The normalized spacial score (nSPS) is 11.8. The second kappa shape index (κ2) is 9.49. The second-order valence-corrected chi connectivity index (χ2v) is 7.47. The number of phenols is 1. The van der Waals surface area contributed by atoms with E-state index in [1.54, 1.807) is 25.1 Å². The zero-order chi connectivity index (χ0) is 26.0. The number of nitrogens with zero attached hydrogens (tertiary/aromatic N) is 4. The van der Waals surface area contributed by atoms with E-state index in [2.05, 4.69) is 10.1 Å². The van der Waals surface area contributed by atoms with E-state index in [0.717, 1.165) is 29.1 Å². The van der Waals surface area contributed by atoms with E-state index in [1.807, 2.05) is 0 Å². The second-order valence-electron chi connectivity index (χ2n) is 7.47. The van der Waals surface area contributed by atoms with Crippen molar-refractivity contribution in [3.63, 3.8) is 0 Å². The molecule has 0 saturated heterocycles. The summed E-state index contributed by atoms with van der Waals surface area (Å²) in [4.78, 5) is 28.1. The van der Waals surface area contributed by atoms with E-state index in [0.29, 0.717) is 0 Å². The van der Waals surface area contributed by atoms with Crippen LogP contribution < -0.4 is 10.3 Å². The van der Waals surface area contributed by atoms with Crippen LogP contribution >= 0.6 is 0 Å². The summed E-state index contributed by atoms with van der Waals surface area (Å²) in [5, 5.41) is 25.7. The van der Waals surface area contributed by atoms with Gasteiger partial charge in [0, 0.05) is 17.2 Å². The minimum Gasteiger partial charge on any atom is -0.500 e. The fraction of sp³-hybridized carbons (Fsp3) is 0.125. The highest BCUT2D eigenvalue weighted by atomic mass is 19.4. The lowest BCUT2D eigenvalue weighted by atomic mass is 10.1. The average Bonchev–Trinajstić information content (AvgIpc) is 2.84. The van der Waals surface area contributed by atoms with Crippen LogP contribution in [0.1, 0.15) is 18.1 Å². The van der Waals surface area contributed by atoms with Crippen LogP contribution in [0.3, 0.4) is 0 Å². The van der Waals surface area contributed by atoms with E-state index in [4.69, 9.17) is 4.74 Å². The summed E-state index contributed by atoms with van der Waals surface area (Å²) < 4.78 is 46.0. The van der Waals surface area contributed by atoms with Crippen LogP contribution in [0.4, 0.5) is 18.9 Å². The lowest BCUT2D eigenvalue weighted by molar-refractivity contribution is -0.386. The number of para-hydroxylation sites is 1. The molecule has 12 heteroatoms. The first kappa shape index (κ1) is 24.4. The zero-order valence-electron chi connectivity index (χ0n) is 18.6. The quantitative estimate of drug-likeness (QED) is 0.228. The first-order valence-electron chi connectivity index (χ1n) is 10.5. The molecule has 4 rings (SSSR count). The van der Waals surface area contributed by atoms with Gasteiger partial charge in [-0.2, -0.15) is 22.9 Å².